The number of hydrogen-bond acceptors (Lipinski definition) is 7. The van der Waals surface area contributed by atoms with Gasteiger partial charge in [0, 0.05) is 20.7 Å². The van der Waals surface area contributed by atoms with Crippen LogP contribution in [0, 0.1) is 0 Å². The number of sulfonamides is 1. The summed E-state index contributed by atoms with van der Waals surface area (Å²) in [5, 5.41) is 4.15. The lowest BCUT2D eigenvalue weighted by atomic mass is 10.3. The van der Waals surface area contributed by atoms with Crippen molar-refractivity contribution < 1.29 is 27.5 Å². The minimum absolute atomic E-state index is 0.137. The van der Waals surface area contributed by atoms with E-state index < -0.39 is 34.5 Å². The first-order valence-electron chi connectivity index (χ1n) is 6.75. The summed E-state index contributed by atoms with van der Waals surface area (Å²) < 4.78 is 35.1. The van der Waals surface area contributed by atoms with Gasteiger partial charge in [0.25, 0.3) is 15.9 Å². The van der Waals surface area contributed by atoms with Crippen LogP contribution >= 0.6 is 11.3 Å². The number of rotatable bonds is 9. The first-order valence-corrected chi connectivity index (χ1v) is 9.07. The number of methoxy groups -OCH3 is 1. The molecule has 1 rings (SSSR count). The zero-order chi connectivity index (χ0) is 17.5. The summed E-state index contributed by atoms with van der Waals surface area (Å²) in [5.74, 6) is -1.28. The summed E-state index contributed by atoms with van der Waals surface area (Å²) in [6, 6.07) is 3.06. The molecule has 0 aromatic carbocycles. The van der Waals surface area contributed by atoms with Crippen molar-refractivity contribution in [3.05, 3.63) is 17.5 Å². The van der Waals surface area contributed by atoms with Gasteiger partial charge >= 0.3 is 5.97 Å². The minimum Gasteiger partial charge on any atom is -0.452 e. The summed E-state index contributed by atoms with van der Waals surface area (Å²) in [4.78, 5) is 23.4. The fourth-order valence-electron chi connectivity index (χ4n) is 1.54. The Kier molecular flexibility index (Phi) is 7.62. The Balaban J connectivity index is 2.51. The van der Waals surface area contributed by atoms with E-state index in [1.165, 1.54) is 27.1 Å². The number of carbonyl (C=O) groups is 2. The lowest BCUT2D eigenvalue weighted by molar-refractivity contribution is -0.154. The van der Waals surface area contributed by atoms with E-state index in [0.717, 1.165) is 15.6 Å². The van der Waals surface area contributed by atoms with Gasteiger partial charge in [0.2, 0.25) is 0 Å². The maximum absolute atomic E-state index is 12.2. The second kappa shape index (κ2) is 8.96. The van der Waals surface area contributed by atoms with Crippen molar-refractivity contribution in [1.29, 1.82) is 0 Å². The van der Waals surface area contributed by atoms with Crippen molar-refractivity contribution in [2.75, 3.05) is 33.9 Å². The van der Waals surface area contributed by atoms with Crippen LogP contribution in [0.1, 0.15) is 6.92 Å². The number of hydrogen-bond donors (Lipinski definition) is 1. The molecule has 1 N–H and O–H groups in total. The topological polar surface area (TPSA) is 102 Å². The van der Waals surface area contributed by atoms with Gasteiger partial charge in [-0.15, -0.1) is 11.3 Å². The smallest absolute Gasteiger partial charge is 0.322 e. The van der Waals surface area contributed by atoms with E-state index in [2.05, 4.69) is 5.32 Å². The quantitative estimate of drug-likeness (QED) is 0.491. The molecule has 0 aliphatic heterocycles. The molecule has 1 aromatic heterocycles. The first kappa shape index (κ1) is 19.6. The second-order valence-corrected chi connectivity index (χ2v) is 7.83. The van der Waals surface area contributed by atoms with Gasteiger partial charge in [0.15, 0.2) is 6.10 Å². The second-order valence-electron chi connectivity index (χ2n) is 4.61. The van der Waals surface area contributed by atoms with Gasteiger partial charge in [-0.25, -0.2) is 8.42 Å². The molecular formula is C13H20N2O6S2. The van der Waals surface area contributed by atoms with Gasteiger partial charge in [0.05, 0.1) is 6.61 Å². The Hall–Kier alpha value is -1.49. The molecule has 0 unspecified atom stereocenters. The molecule has 130 valence electrons. The Morgan fingerprint density at radius 3 is 2.70 bits per heavy atom. The van der Waals surface area contributed by atoms with E-state index in [-0.39, 0.29) is 4.21 Å². The number of nitrogens with zero attached hydrogens (tertiary/aromatic N) is 1. The minimum atomic E-state index is -3.73. The predicted molar refractivity (Wildman–Crippen MR) is 84.6 cm³/mol. The number of amides is 1. The molecule has 8 nitrogen and oxygen atoms in total. The van der Waals surface area contributed by atoms with Crippen molar-refractivity contribution in [2.45, 2.75) is 17.2 Å². The van der Waals surface area contributed by atoms with Gasteiger partial charge in [0.1, 0.15) is 10.8 Å². The Morgan fingerprint density at radius 1 is 1.43 bits per heavy atom. The number of ether oxygens (including phenoxy) is 2. The number of nitrogens with one attached hydrogen (secondary N) is 1. The molecule has 0 aliphatic carbocycles. The molecule has 1 aromatic rings. The summed E-state index contributed by atoms with van der Waals surface area (Å²) in [6.07, 6.45) is -1.02. The highest BCUT2D eigenvalue weighted by Crippen LogP contribution is 2.19. The Labute approximate surface area is 139 Å². The van der Waals surface area contributed by atoms with Gasteiger partial charge < -0.3 is 14.8 Å². The normalized spacial score (nSPS) is 12.9. The average Bonchev–Trinajstić information content (AvgIpc) is 3.01. The molecule has 0 fully saturated rings. The molecule has 1 amide bonds. The van der Waals surface area contributed by atoms with Gasteiger partial charge in [-0.1, -0.05) is 6.07 Å². The standard InChI is InChI=1S/C13H20N2O6S2/c1-10(13(17)14-6-7-20-3)21-11(16)9-15(2)23(18,19)12-5-4-8-22-12/h4-5,8,10H,6-7,9H2,1-3H3,(H,14,17)/t10-/m0/s1. The molecule has 1 atom stereocenters. The van der Waals surface area contributed by atoms with Crippen molar-refractivity contribution in [2.24, 2.45) is 0 Å². The number of carbonyl (C=O) groups excluding carboxylic acids is 2. The molecule has 0 spiro atoms. The highest BCUT2D eigenvalue weighted by atomic mass is 32.2. The molecule has 0 saturated carbocycles. The van der Waals surface area contributed by atoms with Crippen molar-refractivity contribution in [3.63, 3.8) is 0 Å². The first-order chi connectivity index (χ1) is 10.8. The van der Waals surface area contributed by atoms with E-state index in [9.17, 15) is 18.0 Å². The van der Waals surface area contributed by atoms with Crippen molar-refractivity contribution >= 4 is 33.2 Å². The molecule has 0 bridgehead atoms. The van der Waals surface area contributed by atoms with E-state index >= 15 is 0 Å². The van der Waals surface area contributed by atoms with Crippen LogP contribution in [0.2, 0.25) is 0 Å². The zero-order valence-corrected chi connectivity index (χ0v) is 14.8. The monoisotopic (exact) mass is 364 g/mol. The molecule has 0 radical (unpaired) electrons. The molecule has 0 aliphatic rings. The summed E-state index contributed by atoms with van der Waals surface area (Å²) >= 11 is 1.06. The Bertz CT molecular complexity index is 614. The van der Waals surface area contributed by atoms with Crippen LogP contribution in [0.15, 0.2) is 21.7 Å². The van der Waals surface area contributed by atoms with Crippen LogP contribution in [0.4, 0.5) is 0 Å². The molecule has 23 heavy (non-hydrogen) atoms. The number of likely N-dealkylation sites (N-methyl/N-ethyl adjacent to an activating group) is 1. The third-order valence-corrected chi connectivity index (χ3v) is 5.97. The van der Waals surface area contributed by atoms with Crippen LogP contribution in [0.25, 0.3) is 0 Å². The van der Waals surface area contributed by atoms with E-state index in [4.69, 9.17) is 9.47 Å². The largest absolute Gasteiger partial charge is 0.452 e. The van der Waals surface area contributed by atoms with E-state index in [0.29, 0.717) is 13.2 Å². The predicted octanol–water partition coefficient (Wildman–Crippen LogP) is 0.0629. The van der Waals surface area contributed by atoms with Crippen LogP contribution in [-0.2, 0) is 29.1 Å². The van der Waals surface area contributed by atoms with Crippen molar-refractivity contribution in [1.82, 2.24) is 9.62 Å². The number of thiophene rings is 1. The van der Waals surface area contributed by atoms with Gasteiger partial charge in [-0.05, 0) is 18.4 Å². The summed E-state index contributed by atoms with van der Waals surface area (Å²) in [5.41, 5.74) is 0. The summed E-state index contributed by atoms with van der Waals surface area (Å²) in [6.45, 7) is 1.57. The van der Waals surface area contributed by atoms with Crippen LogP contribution in [0.5, 0.6) is 0 Å². The maximum atomic E-state index is 12.2. The highest BCUT2D eigenvalue weighted by Gasteiger charge is 2.26. The maximum Gasteiger partial charge on any atom is 0.322 e. The molecule has 10 heteroatoms. The fourth-order valence-corrected chi connectivity index (χ4v) is 3.85. The average molecular weight is 364 g/mol. The molecular weight excluding hydrogens is 344 g/mol. The van der Waals surface area contributed by atoms with Crippen LogP contribution in [-0.4, -0.2) is 64.6 Å². The van der Waals surface area contributed by atoms with Crippen molar-refractivity contribution in [3.8, 4) is 0 Å². The van der Waals surface area contributed by atoms with E-state index in [1.54, 1.807) is 11.4 Å². The molecule has 1 heterocycles. The SMILES string of the molecule is COCCNC(=O)[C@H](C)OC(=O)CN(C)S(=O)(=O)c1cccs1. The van der Waals surface area contributed by atoms with Crippen LogP contribution < -0.4 is 5.32 Å². The van der Waals surface area contributed by atoms with E-state index in [1.807, 2.05) is 0 Å². The third-order valence-electron chi connectivity index (χ3n) is 2.79. The lowest BCUT2D eigenvalue weighted by Crippen LogP contribution is -2.40. The number of esters is 1. The lowest BCUT2D eigenvalue weighted by Gasteiger charge is -2.17. The Morgan fingerprint density at radius 2 is 2.13 bits per heavy atom. The third kappa shape index (κ3) is 5.90. The van der Waals surface area contributed by atoms with Gasteiger partial charge in [-0.2, -0.15) is 4.31 Å². The fraction of sp³-hybridized carbons (Fsp3) is 0.538. The van der Waals surface area contributed by atoms with Gasteiger partial charge in [-0.3, -0.25) is 9.59 Å². The zero-order valence-electron chi connectivity index (χ0n) is 13.1. The molecule has 0 saturated heterocycles. The van der Waals surface area contributed by atoms with Crippen LogP contribution in [0.3, 0.4) is 0 Å². The summed E-state index contributed by atoms with van der Waals surface area (Å²) in [7, 11) is -0.953. The highest BCUT2D eigenvalue weighted by molar-refractivity contribution is 7.91.